The summed E-state index contributed by atoms with van der Waals surface area (Å²) in [4.78, 5) is 4.38. The van der Waals surface area contributed by atoms with Gasteiger partial charge in [0, 0.05) is 22.5 Å². The van der Waals surface area contributed by atoms with Crippen molar-refractivity contribution in [3.63, 3.8) is 0 Å². The van der Waals surface area contributed by atoms with E-state index in [1.165, 1.54) is 12.8 Å². The average Bonchev–Trinajstić information content (AvgIpc) is 3.10. The van der Waals surface area contributed by atoms with Gasteiger partial charge in [-0.3, -0.25) is 0 Å². The molecule has 0 radical (unpaired) electrons. The molecule has 1 aliphatic rings. The molecule has 1 aromatic heterocycles. The number of nitrogens with zero attached hydrogens (tertiary/aromatic N) is 1. The van der Waals surface area contributed by atoms with Crippen molar-refractivity contribution < 1.29 is 0 Å². The van der Waals surface area contributed by atoms with Gasteiger partial charge in [-0.25, -0.2) is 4.98 Å². The molecule has 0 saturated heterocycles. The van der Waals surface area contributed by atoms with Crippen molar-refractivity contribution in [1.29, 1.82) is 0 Å². The van der Waals surface area contributed by atoms with Crippen LogP contribution < -0.4 is 5.32 Å². The Hall–Kier alpha value is -0.0600. The molecule has 0 bridgehead atoms. The van der Waals surface area contributed by atoms with Crippen molar-refractivity contribution >= 4 is 27.7 Å². The summed E-state index contributed by atoms with van der Waals surface area (Å²) in [5.41, 5.74) is 0. The van der Waals surface area contributed by atoms with Crippen molar-refractivity contribution in [3.05, 3.63) is 22.8 Å². The number of hydrogen-bond donors (Lipinski definition) is 1. The molecule has 1 atom stereocenters. The SMILES string of the molecule is CCNC(CSc1ccc(Br)cn1)C1CC1. The number of rotatable bonds is 6. The molecule has 0 aromatic carbocycles. The van der Waals surface area contributed by atoms with E-state index >= 15 is 0 Å². The minimum atomic E-state index is 0.667. The topological polar surface area (TPSA) is 24.9 Å². The largest absolute Gasteiger partial charge is 0.313 e. The van der Waals surface area contributed by atoms with Crippen LogP contribution in [0.25, 0.3) is 0 Å². The number of pyridine rings is 1. The Morgan fingerprint density at radius 2 is 2.38 bits per heavy atom. The highest BCUT2D eigenvalue weighted by atomic mass is 79.9. The Labute approximate surface area is 110 Å². The van der Waals surface area contributed by atoms with Crippen LogP contribution in [-0.4, -0.2) is 23.3 Å². The lowest BCUT2D eigenvalue weighted by molar-refractivity contribution is 0.519. The quantitative estimate of drug-likeness (QED) is 0.816. The lowest BCUT2D eigenvalue weighted by atomic mass is 10.2. The Morgan fingerprint density at radius 3 is 2.94 bits per heavy atom. The zero-order valence-corrected chi connectivity index (χ0v) is 11.9. The highest BCUT2D eigenvalue weighted by molar-refractivity contribution is 9.10. The molecule has 2 nitrogen and oxygen atoms in total. The molecule has 1 aromatic rings. The Balaban J connectivity index is 1.82. The highest BCUT2D eigenvalue weighted by Crippen LogP contribution is 2.34. The van der Waals surface area contributed by atoms with E-state index in [4.69, 9.17) is 0 Å². The van der Waals surface area contributed by atoms with Gasteiger partial charge in [0.15, 0.2) is 0 Å². The van der Waals surface area contributed by atoms with Crippen molar-refractivity contribution in [2.24, 2.45) is 5.92 Å². The molecule has 0 spiro atoms. The second kappa shape index (κ2) is 6.03. The van der Waals surface area contributed by atoms with E-state index in [2.05, 4.69) is 45.3 Å². The number of aromatic nitrogens is 1. The van der Waals surface area contributed by atoms with Gasteiger partial charge in [-0.1, -0.05) is 6.92 Å². The molecule has 1 heterocycles. The van der Waals surface area contributed by atoms with Crippen molar-refractivity contribution in [3.8, 4) is 0 Å². The first-order valence-corrected chi connectivity index (χ1v) is 7.55. The molecule has 4 heteroatoms. The lowest BCUT2D eigenvalue weighted by Crippen LogP contribution is -2.33. The summed E-state index contributed by atoms with van der Waals surface area (Å²) in [6, 6.07) is 4.79. The standard InChI is InChI=1S/C12H17BrN2S/c1-2-14-11(9-3-4-9)8-16-12-6-5-10(13)7-15-12/h5-7,9,11,14H,2-4,8H2,1H3. The maximum absolute atomic E-state index is 4.38. The molecular weight excluding hydrogens is 284 g/mol. The van der Waals surface area contributed by atoms with Crippen LogP contribution in [0.2, 0.25) is 0 Å². The van der Waals surface area contributed by atoms with E-state index < -0.39 is 0 Å². The van der Waals surface area contributed by atoms with Crippen LogP contribution in [-0.2, 0) is 0 Å². The Morgan fingerprint density at radius 1 is 1.56 bits per heavy atom. The summed E-state index contributed by atoms with van der Waals surface area (Å²) in [5.74, 6) is 2.04. The fourth-order valence-electron chi connectivity index (χ4n) is 1.75. The normalized spacial score (nSPS) is 17.4. The summed E-state index contributed by atoms with van der Waals surface area (Å²) in [6.45, 7) is 3.24. The molecule has 2 rings (SSSR count). The molecule has 0 aliphatic heterocycles. The first kappa shape index (κ1) is 12.4. The summed E-state index contributed by atoms with van der Waals surface area (Å²) >= 11 is 5.25. The Kier molecular flexibility index (Phi) is 4.67. The maximum atomic E-state index is 4.38. The molecule has 16 heavy (non-hydrogen) atoms. The number of nitrogens with one attached hydrogen (secondary N) is 1. The third kappa shape index (κ3) is 3.75. The van der Waals surface area contributed by atoms with E-state index in [1.807, 2.05) is 18.0 Å². The summed E-state index contributed by atoms with van der Waals surface area (Å²) < 4.78 is 1.04. The van der Waals surface area contributed by atoms with Gasteiger partial charge >= 0.3 is 0 Å². The monoisotopic (exact) mass is 300 g/mol. The maximum Gasteiger partial charge on any atom is 0.0961 e. The number of hydrogen-bond acceptors (Lipinski definition) is 3. The van der Waals surface area contributed by atoms with Gasteiger partial charge in [-0.05, 0) is 53.4 Å². The molecular formula is C12H17BrN2S. The molecule has 1 aliphatic carbocycles. The minimum Gasteiger partial charge on any atom is -0.313 e. The lowest BCUT2D eigenvalue weighted by Gasteiger charge is -2.16. The van der Waals surface area contributed by atoms with E-state index in [1.54, 1.807) is 0 Å². The van der Waals surface area contributed by atoms with Crippen molar-refractivity contribution in [1.82, 2.24) is 10.3 Å². The van der Waals surface area contributed by atoms with Gasteiger partial charge in [0.1, 0.15) is 0 Å². The van der Waals surface area contributed by atoms with E-state index in [9.17, 15) is 0 Å². The average molecular weight is 301 g/mol. The number of halogens is 1. The molecule has 1 fully saturated rings. The predicted molar refractivity (Wildman–Crippen MR) is 72.8 cm³/mol. The fraction of sp³-hybridized carbons (Fsp3) is 0.583. The van der Waals surface area contributed by atoms with Gasteiger partial charge in [0.25, 0.3) is 0 Å². The smallest absolute Gasteiger partial charge is 0.0961 e. The molecule has 1 unspecified atom stereocenters. The van der Waals surface area contributed by atoms with Crippen LogP contribution in [0.3, 0.4) is 0 Å². The Bertz CT molecular complexity index is 324. The van der Waals surface area contributed by atoms with Gasteiger partial charge in [-0.15, -0.1) is 11.8 Å². The van der Waals surface area contributed by atoms with Crippen LogP contribution >= 0.6 is 27.7 Å². The summed E-state index contributed by atoms with van der Waals surface area (Å²) in [7, 11) is 0. The predicted octanol–water partition coefficient (Wildman–Crippen LogP) is 3.32. The van der Waals surface area contributed by atoms with Crippen LogP contribution in [0, 0.1) is 5.92 Å². The molecule has 1 saturated carbocycles. The van der Waals surface area contributed by atoms with Gasteiger partial charge < -0.3 is 5.32 Å². The van der Waals surface area contributed by atoms with Gasteiger partial charge in [-0.2, -0.15) is 0 Å². The zero-order valence-electron chi connectivity index (χ0n) is 9.45. The van der Waals surface area contributed by atoms with Gasteiger partial charge in [0.2, 0.25) is 0 Å². The zero-order chi connectivity index (χ0) is 11.4. The van der Waals surface area contributed by atoms with Crippen molar-refractivity contribution in [2.75, 3.05) is 12.3 Å². The van der Waals surface area contributed by atoms with Crippen LogP contribution in [0.15, 0.2) is 27.8 Å². The van der Waals surface area contributed by atoms with Crippen LogP contribution in [0.5, 0.6) is 0 Å². The second-order valence-electron chi connectivity index (χ2n) is 4.13. The van der Waals surface area contributed by atoms with Crippen LogP contribution in [0.4, 0.5) is 0 Å². The number of thioether (sulfide) groups is 1. The first-order valence-electron chi connectivity index (χ1n) is 5.77. The van der Waals surface area contributed by atoms with Crippen LogP contribution in [0.1, 0.15) is 19.8 Å². The summed E-state index contributed by atoms with van der Waals surface area (Å²) in [5, 5.41) is 4.69. The molecule has 0 amide bonds. The van der Waals surface area contributed by atoms with Gasteiger partial charge in [0.05, 0.1) is 5.03 Å². The van der Waals surface area contributed by atoms with E-state index in [-0.39, 0.29) is 0 Å². The molecule has 1 N–H and O–H groups in total. The summed E-state index contributed by atoms with van der Waals surface area (Å²) in [6.07, 6.45) is 4.65. The van der Waals surface area contributed by atoms with Crippen molar-refractivity contribution in [2.45, 2.75) is 30.8 Å². The second-order valence-corrected chi connectivity index (χ2v) is 6.08. The van der Waals surface area contributed by atoms with E-state index in [0.29, 0.717) is 6.04 Å². The first-order chi connectivity index (χ1) is 7.79. The molecule has 88 valence electrons. The highest BCUT2D eigenvalue weighted by Gasteiger charge is 2.30. The third-order valence-electron chi connectivity index (χ3n) is 2.77. The minimum absolute atomic E-state index is 0.667. The van der Waals surface area contributed by atoms with E-state index in [0.717, 1.165) is 27.7 Å². The fourth-order valence-corrected chi connectivity index (χ4v) is 3.01. The third-order valence-corrected chi connectivity index (χ3v) is 4.30.